The molecule has 1 aliphatic carbocycles. The summed E-state index contributed by atoms with van der Waals surface area (Å²) in [6, 6.07) is 14.8. The average Bonchev–Trinajstić information content (AvgIpc) is 3.04. The number of carboxylic acid groups (broad SMARTS) is 1. The van der Waals surface area contributed by atoms with E-state index < -0.39 is 24.0 Å². The minimum absolute atomic E-state index is 0.0983. The van der Waals surface area contributed by atoms with Crippen LogP contribution in [0.3, 0.4) is 0 Å². The molecule has 0 saturated carbocycles. The molecule has 0 fully saturated rings. The van der Waals surface area contributed by atoms with E-state index in [9.17, 15) is 14.7 Å². The Bertz CT molecular complexity index is 910. The summed E-state index contributed by atoms with van der Waals surface area (Å²) < 4.78 is 5.40. The molecule has 2 aromatic rings. The van der Waals surface area contributed by atoms with Crippen molar-refractivity contribution < 1.29 is 19.4 Å². The van der Waals surface area contributed by atoms with Gasteiger partial charge in [-0.3, -0.25) is 0 Å². The second-order valence-corrected chi connectivity index (χ2v) is 7.01. The van der Waals surface area contributed by atoms with Gasteiger partial charge in [-0.25, -0.2) is 9.59 Å². The molecule has 0 spiro atoms. The number of ether oxygens (including phenoxy) is 1. The smallest absolute Gasteiger partial charge is 0.407 e. The Kier molecular flexibility index (Phi) is 6.36. The Hall–Kier alpha value is -3.51. The van der Waals surface area contributed by atoms with Crippen LogP contribution in [-0.2, 0) is 9.53 Å². The number of hydrogen-bond acceptors (Lipinski definition) is 4. The lowest BCUT2D eigenvalue weighted by molar-refractivity contribution is -0.140. The fourth-order valence-electron chi connectivity index (χ4n) is 3.69. The average molecular weight is 394 g/mol. The Morgan fingerprint density at radius 2 is 1.76 bits per heavy atom. The first-order chi connectivity index (χ1) is 14.0. The zero-order valence-electron chi connectivity index (χ0n) is 16.0. The summed E-state index contributed by atoms with van der Waals surface area (Å²) in [4.78, 5) is 26.5. The van der Waals surface area contributed by atoms with Crippen LogP contribution >= 0.6 is 0 Å². The summed E-state index contributed by atoms with van der Waals surface area (Å²) in [7, 11) is 0. The van der Waals surface area contributed by atoms with Crippen molar-refractivity contribution in [2.24, 2.45) is 11.0 Å². The SMILES string of the molecule is C[C@H](CCN=[N+]=[N-])[C@@H](NC(=O)OCC1c2ccccc2-c2ccccc21)C(=O)O. The van der Waals surface area contributed by atoms with E-state index in [1.165, 1.54) is 0 Å². The largest absolute Gasteiger partial charge is 0.480 e. The third-order valence-electron chi connectivity index (χ3n) is 5.20. The number of hydrogen-bond donors (Lipinski definition) is 2. The van der Waals surface area contributed by atoms with Gasteiger partial charge in [0.1, 0.15) is 12.6 Å². The predicted molar refractivity (Wildman–Crippen MR) is 107 cm³/mol. The lowest BCUT2D eigenvalue weighted by Crippen LogP contribution is -2.45. The number of nitrogens with one attached hydrogen (secondary N) is 1. The number of amides is 1. The minimum atomic E-state index is -1.16. The summed E-state index contributed by atoms with van der Waals surface area (Å²) in [6.45, 7) is 1.95. The van der Waals surface area contributed by atoms with Crippen molar-refractivity contribution in [2.75, 3.05) is 13.2 Å². The summed E-state index contributed by atoms with van der Waals surface area (Å²) >= 11 is 0. The number of alkyl carbamates (subject to hydrolysis) is 1. The van der Waals surface area contributed by atoms with Crippen LogP contribution in [0.4, 0.5) is 4.79 Å². The van der Waals surface area contributed by atoms with Crippen LogP contribution in [-0.4, -0.2) is 36.4 Å². The topological polar surface area (TPSA) is 124 Å². The van der Waals surface area contributed by atoms with Crippen LogP contribution in [0, 0.1) is 5.92 Å². The molecule has 0 saturated heterocycles. The van der Waals surface area contributed by atoms with Gasteiger partial charge in [0.2, 0.25) is 0 Å². The van der Waals surface area contributed by atoms with Gasteiger partial charge in [-0.2, -0.15) is 0 Å². The second-order valence-electron chi connectivity index (χ2n) is 7.01. The van der Waals surface area contributed by atoms with Gasteiger partial charge >= 0.3 is 12.1 Å². The fraction of sp³-hybridized carbons (Fsp3) is 0.333. The van der Waals surface area contributed by atoms with Crippen LogP contribution in [0.15, 0.2) is 53.6 Å². The number of carbonyl (C=O) groups excluding carboxylic acids is 1. The van der Waals surface area contributed by atoms with E-state index in [1.807, 2.05) is 48.5 Å². The molecular weight excluding hydrogens is 372 g/mol. The summed E-state index contributed by atoms with van der Waals surface area (Å²) in [5.41, 5.74) is 12.7. The Morgan fingerprint density at radius 3 is 2.31 bits per heavy atom. The first-order valence-electron chi connectivity index (χ1n) is 9.38. The van der Waals surface area contributed by atoms with Crippen LogP contribution in [0.1, 0.15) is 30.4 Å². The zero-order valence-corrected chi connectivity index (χ0v) is 16.0. The van der Waals surface area contributed by atoms with E-state index in [4.69, 9.17) is 10.3 Å². The standard InChI is InChI=1S/C21H22N4O4/c1-13(10-11-23-25-22)19(20(26)27)24-21(28)29-12-18-16-8-4-2-6-14(16)15-7-3-5-9-17(15)18/h2-9,13,18-19H,10-12H2,1H3,(H,24,28)(H,26,27)/t13-,19-/m1/s1. The molecule has 29 heavy (non-hydrogen) atoms. The van der Waals surface area contributed by atoms with Gasteiger partial charge in [0.25, 0.3) is 0 Å². The summed E-state index contributed by atoms with van der Waals surface area (Å²) in [5.74, 6) is -1.68. The third-order valence-corrected chi connectivity index (χ3v) is 5.20. The highest BCUT2D eigenvalue weighted by Crippen LogP contribution is 2.44. The van der Waals surface area contributed by atoms with E-state index in [-0.39, 0.29) is 19.1 Å². The van der Waals surface area contributed by atoms with Crippen LogP contribution in [0.25, 0.3) is 21.6 Å². The number of nitrogens with zero attached hydrogens (tertiary/aromatic N) is 3. The zero-order chi connectivity index (χ0) is 20.8. The van der Waals surface area contributed by atoms with Gasteiger partial charge in [0.15, 0.2) is 0 Å². The highest BCUT2D eigenvalue weighted by Gasteiger charge is 2.30. The fourth-order valence-corrected chi connectivity index (χ4v) is 3.69. The monoisotopic (exact) mass is 394 g/mol. The number of aliphatic carboxylic acids is 1. The normalized spacial score (nSPS) is 14.1. The number of carbonyl (C=O) groups is 2. The van der Waals surface area contributed by atoms with E-state index in [0.717, 1.165) is 22.3 Å². The molecule has 0 unspecified atom stereocenters. The molecule has 0 bridgehead atoms. The number of azide groups is 1. The Labute approximate surface area is 168 Å². The molecular formula is C21H22N4O4. The van der Waals surface area contributed by atoms with E-state index in [0.29, 0.717) is 6.42 Å². The number of rotatable bonds is 8. The first kappa shape index (κ1) is 20.2. The van der Waals surface area contributed by atoms with Gasteiger partial charge in [-0.05, 0) is 40.1 Å². The molecule has 8 nitrogen and oxygen atoms in total. The van der Waals surface area contributed by atoms with Crippen LogP contribution < -0.4 is 5.32 Å². The molecule has 0 heterocycles. The lowest BCUT2D eigenvalue weighted by Gasteiger charge is -2.21. The molecule has 150 valence electrons. The number of fused-ring (bicyclic) bond motifs is 3. The van der Waals surface area contributed by atoms with Gasteiger partial charge in [0.05, 0.1) is 0 Å². The molecule has 0 radical (unpaired) electrons. The van der Waals surface area contributed by atoms with Crippen molar-refractivity contribution in [3.63, 3.8) is 0 Å². The van der Waals surface area contributed by atoms with Crippen molar-refractivity contribution >= 4 is 12.1 Å². The molecule has 0 aliphatic heterocycles. The van der Waals surface area contributed by atoms with Gasteiger partial charge in [-0.1, -0.05) is 60.6 Å². The van der Waals surface area contributed by atoms with Crippen molar-refractivity contribution in [2.45, 2.75) is 25.3 Å². The van der Waals surface area contributed by atoms with E-state index >= 15 is 0 Å². The number of carboxylic acids is 1. The van der Waals surface area contributed by atoms with E-state index in [1.54, 1.807) is 6.92 Å². The summed E-state index contributed by atoms with van der Waals surface area (Å²) in [5, 5.41) is 15.2. The third kappa shape index (κ3) is 4.50. The highest BCUT2D eigenvalue weighted by atomic mass is 16.5. The van der Waals surface area contributed by atoms with E-state index in [2.05, 4.69) is 15.3 Å². The Balaban J connectivity index is 1.65. The highest BCUT2D eigenvalue weighted by molar-refractivity contribution is 5.81. The van der Waals surface area contributed by atoms with Gasteiger partial charge in [-0.15, -0.1) is 0 Å². The molecule has 2 N–H and O–H groups in total. The first-order valence-corrected chi connectivity index (χ1v) is 9.38. The molecule has 1 aliphatic rings. The molecule has 0 aromatic heterocycles. The van der Waals surface area contributed by atoms with Gasteiger partial charge < -0.3 is 15.2 Å². The lowest BCUT2D eigenvalue weighted by atomic mass is 9.98. The summed E-state index contributed by atoms with van der Waals surface area (Å²) in [6.07, 6.45) is -0.445. The van der Waals surface area contributed by atoms with Crippen molar-refractivity contribution in [3.8, 4) is 11.1 Å². The van der Waals surface area contributed by atoms with Crippen molar-refractivity contribution in [1.82, 2.24) is 5.32 Å². The van der Waals surface area contributed by atoms with Crippen molar-refractivity contribution in [3.05, 3.63) is 70.1 Å². The van der Waals surface area contributed by atoms with Crippen LogP contribution in [0.2, 0.25) is 0 Å². The molecule has 3 rings (SSSR count). The molecule has 2 aromatic carbocycles. The minimum Gasteiger partial charge on any atom is -0.480 e. The molecule has 8 heteroatoms. The maximum atomic E-state index is 12.3. The van der Waals surface area contributed by atoms with Crippen LogP contribution in [0.5, 0.6) is 0 Å². The second kappa shape index (κ2) is 9.12. The number of benzene rings is 2. The Morgan fingerprint density at radius 1 is 1.17 bits per heavy atom. The van der Waals surface area contributed by atoms with Crippen molar-refractivity contribution in [1.29, 1.82) is 0 Å². The quantitative estimate of drug-likeness (QED) is 0.393. The molecule has 1 amide bonds. The molecule has 2 atom stereocenters. The predicted octanol–water partition coefficient (Wildman–Crippen LogP) is 4.31. The maximum absolute atomic E-state index is 12.3. The maximum Gasteiger partial charge on any atom is 0.407 e. The van der Waals surface area contributed by atoms with Gasteiger partial charge in [0, 0.05) is 17.4 Å².